The predicted octanol–water partition coefficient (Wildman–Crippen LogP) is 5.03. The lowest BCUT2D eigenvalue weighted by atomic mass is 10.2. The molecule has 0 aliphatic heterocycles. The fraction of sp³-hybridized carbons (Fsp3) is 0.227. The number of rotatable bonds is 4. The van der Waals surface area contributed by atoms with Gasteiger partial charge in [0, 0.05) is 5.57 Å². The van der Waals surface area contributed by atoms with E-state index in [0.717, 1.165) is 10.7 Å². The molecule has 0 aromatic heterocycles. The molecular weight excluding hydrogens is 338 g/mol. The van der Waals surface area contributed by atoms with Crippen LogP contribution in [0.3, 0.4) is 0 Å². The van der Waals surface area contributed by atoms with Gasteiger partial charge < -0.3 is 10.6 Å². The third-order valence-electron chi connectivity index (χ3n) is 3.01. The monoisotopic (exact) mass is 369 g/mol. The van der Waals surface area contributed by atoms with Crippen molar-refractivity contribution in [3.05, 3.63) is 84.0 Å². The van der Waals surface area contributed by atoms with Crippen LogP contribution in [-0.2, 0) is 9.63 Å². The van der Waals surface area contributed by atoms with Crippen molar-refractivity contribution in [2.75, 3.05) is 10.9 Å². The summed E-state index contributed by atoms with van der Waals surface area (Å²) in [5, 5.41) is 0.873. The smallest absolute Gasteiger partial charge is 0.360 e. The second-order valence-electron chi connectivity index (χ2n) is 5.51. The predicted molar refractivity (Wildman–Crippen MR) is 115 cm³/mol. The summed E-state index contributed by atoms with van der Waals surface area (Å²) in [6.45, 7) is 9.54. The molecular formula is C22H31N3O2. The zero-order chi connectivity index (χ0) is 20.7. The van der Waals surface area contributed by atoms with Crippen molar-refractivity contribution in [2.45, 2.75) is 34.6 Å². The van der Waals surface area contributed by atoms with Crippen LogP contribution in [0.25, 0.3) is 0 Å². The second kappa shape index (κ2) is 14.2. The van der Waals surface area contributed by atoms with Crippen LogP contribution in [0.5, 0.6) is 0 Å². The molecule has 0 aliphatic carbocycles. The van der Waals surface area contributed by atoms with E-state index in [1.165, 1.54) is 0 Å². The van der Waals surface area contributed by atoms with Gasteiger partial charge in [0.2, 0.25) is 0 Å². The molecule has 0 spiro atoms. The fourth-order valence-electron chi connectivity index (χ4n) is 1.64. The van der Waals surface area contributed by atoms with Gasteiger partial charge in [-0.3, -0.25) is 0 Å². The number of carbonyl (C=O) groups excluding carboxylic acids is 1. The maximum atomic E-state index is 11.8. The van der Waals surface area contributed by atoms with E-state index in [1.54, 1.807) is 37.3 Å². The van der Waals surface area contributed by atoms with Crippen LogP contribution in [0.4, 0.5) is 11.4 Å². The Kier molecular flexibility index (Phi) is 12.6. The zero-order valence-electron chi connectivity index (χ0n) is 16.8. The largest absolute Gasteiger partial charge is 0.397 e. The number of nitrogen functional groups attached to an aromatic ring is 1. The Hall–Kier alpha value is -3.05. The Morgan fingerprint density at radius 1 is 0.889 bits per heavy atom. The van der Waals surface area contributed by atoms with E-state index in [9.17, 15) is 4.79 Å². The van der Waals surface area contributed by atoms with Crippen LogP contribution in [0.2, 0.25) is 0 Å². The van der Waals surface area contributed by atoms with E-state index >= 15 is 0 Å². The van der Waals surface area contributed by atoms with Crippen molar-refractivity contribution in [3.63, 3.8) is 0 Å². The first-order valence-corrected chi connectivity index (χ1v) is 8.85. The highest BCUT2D eigenvalue weighted by molar-refractivity contribution is 5.89. The first-order valence-electron chi connectivity index (χ1n) is 8.85. The molecule has 0 radical (unpaired) electrons. The van der Waals surface area contributed by atoms with Crippen molar-refractivity contribution < 1.29 is 9.63 Å². The molecule has 0 fully saturated rings. The van der Waals surface area contributed by atoms with Gasteiger partial charge >= 0.3 is 5.97 Å². The summed E-state index contributed by atoms with van der Waals surface area (Å²) < 4.78 is 0. The third-order valence-corrected chi connectivity index (χ3v) is 3.01. The Balaban J connectivity index is 0.000000702. The molecule has 146 valence electrons. The topological polar surface area (TPSA) is 81.6 Å². The van der Waals surface area contributed by atoms with E-state index < -0.39 is 5.97 Å². The summed E-state index contributed by atoms with van der Waals surface area (Å²) in [5.41, 5.74) is 8.14. The first-order chi connectivity index (χ1) is 12.9. The number of carbonyl (C=O) groups is 1. The van der Waals surface area contributed by atoms with Crippen molar-refractivity contribution in [1.29, 1.82) is 0 Å². The molecule has 0 amide bonds. The van der Waals surface area contributed by atoms with Gasteiger partial charge in [-0.15, -0.1) is 5.17 Å². The summed E-state index contributed by atoms with van der Waals surface area (Å²) in [7, 11) is 0. The first kappa shape index (κ1) is 24.0. The van der Waals surface area contributed by atoms with Crippen LogP contribution in [0.1, 0.15) is 34.6 Å². The molecule has 0 aliphatic rings. The molecule has 0 saturated carbocycles. The van der Waals surface area contributed by atoms with Crippen molar-refractivity contribution in [3.8, 4) is 0 Å². The minimum atomic E-state index is -0.525. The van der Waals surface area contributed by atoms with E-state index in [-0.39, 0.29) is 0 Å². The maximum Gasteiger partial charge on any atom is 0.360 e. The van der Waals surface area contributed by atoms with Crippen LogP contribution in [0, 0.1) is 0 Å². The summed E-state index contributed by atoms with van der Waals surface area (Å²) in [5.74, 6) is 5.13. The maximum absolute atomic E-state index is 11.8. The number of nitrogens with two attached hydrogens (primary N) is 2. The van der Waals surface area contributed by atoms with Gasteiger partial charge in [0.15, 0.2) is 0 Å². The molecule has 0 atom stereocenters. The average molecular weight is 370 g/mol. The quantitative estimate of drug-likeness (QED) is 0.260. The summed E-state index contributed by atoms with van der Waals surface area (Å²) in [6, 6.07) is 18.9. The molecule has 0 heterocycles. The van der Waals surface area contributed by atoms with Gasteiger partial charge in [0.1, 0.15) is 5.69 Å². The lowest BCUT2D eigenvalue weighted by Gasteiger charge is -2.18. The molecule has 5 heteroatoms. The van der Waals surface area contributed by atoms with E-state index in [2.05, 4.69) is 0 Å². The lowest BCUT2D eigenvalue weighted by Crippen LogP contribution is -2.34. The van der Waals surface area contributed by atoms with Gasteiger partial charge in [-0.25, -0.2) is 10.6 Å². The fourth-order valence-corrected chi connectivity index (χ4v) is 1.64. The molecule has 2 aromatic rings. The third kappa shape index (κ3) is 10.5. The average Bonchev–Trinajstić information content (AvgIpc) is 2.69. The Bertz CT molecular complexity index is 695. The number of anilines is 2. The van der Waals surface area contributed by atoms with Gasteiger partial charge in [0.25, 0.3) is 0 Å². The zero-order valence-corrected chi connectivity index (χ0v) is 16.8. The van der Waals surface area contributed by atoms with E-state index in [0.29, 0.717) is 16.9 Å². The van der Waals surface area contributed by atoms with Crippen LogP contribution >= 0.6 is 0 Å². The number of para-hydroxylation sites is 2. The van der Waals surface area contributed by atoms with Gasteiger partial charge in [-0.2, -0.15) is 0 Å². The van der Waals surface area contributed by atoms with Crippen LogP contribution in [-0.4, -0.2) is 5.97 Å². The van der Waals surface area contributed by atoms with Gasteiger partial charge in [-0.1, -0.05) is 80.1 Å². The normalized spacial score (nSPS) is 9.63. The highest BCUT2D eigenvalue weighted by Crippen LogP contribution is 2.20. The van der Waals surface area contributed by atoms with Crippen LogP contribution in [0.15, 0.2) is 84.0 Å². The highest BCUT2D eigenvalue weighted by Gasteiger charge is 2.12. The molecule has 27 heavy (non-hydrogen) atoms. The number of nitrogens with zero attached hydrogens (tertiary/aromatic N) is 1. The summed E-state index contributed by atoms with van der Waals surface area (Å²) in [6.07, 6.45) is 3.51. The molecule has 2 aromatic carbocycles. The number of benzene rings is 2. The summed E-state index contributed by atoms with van der Waals surface area (Å²) in [4.78, 5) is 16.8. The Morgan fingerprint density at radius 3 is 1.81 bits per heavy atom. The number of hydrazine groups is 1. The number of hydrogen-bond donors (Lipinski definition) is 2. The van der Waals surface area contributed by atoms with Crippen molar-refractivity contribution >= 4 is 17.3 Å². The van der Waals surface area contributed by atoms with Crippen molar-refractivity contribution in [2.24, 2.45) is 5.84 Å². The Labute approximate surface area is 162 Å². The number of allylic oxidation sites excluding steroid dienone is 3. The molecule has 0 unspecified atom stereocenters. The highest BCUT2D eigenvalue weighted by atomic mass is 16.7. The molecule has 2 rings (SSSR count). The lowest BCUT2D eigenvalue weighted by molar-refractivity contribution is -0.140. The Morgan fingerprint density at radius 2 is 1.37 bits per heavy atom. The second-order valence-corrected chi connectivity index (χ2v) is 5.51. The molecule has 0 bridgehead atoms. The van der Waals surface area contributed by atoms with Gasteiger partial charge in [-0.05, 0) is 32.9 Å². The van der Waals surface area contributed by atoms with Crippen molar-refractivity contribution in [1.82, 2.24) is 0 Å². The van der Waals surface area contributed by atoms with E-state index in [1.807, 2.05) is 70.2 Å². The minimum Gasteiger partial charge on any atom is -0.397 e. The van der Waals surface area contributed by atoms with Crippen LogP contribution < -0.4 is 16.7 Å². The van der Waals surface area contributed by atoms with E-state index in [4.69, 9.17) is 16.4 Å². The molecule has 0 saturated heterocycles. The number of hydrogen-bond acceptors (Lipinski definition) is 5. The molecule has 5 nitrogen and oxygen atoms in total. The standard InChI is InChI=1S/C14H19N3O2.C6H6.C2H6/c1-10(2)8-9-11(3)14(18)19-17(16)13-7-5-4-6-12(13)15;1-2-4-6-5-3-1;1-2/h4-9H,15-16H2,1-3H3;1-6H;1-2H3/b11-9+;;. The van der Waals surface area contributed by atoms with Gasteiger partial charge in [0.05, 0.1) is 5.69 Å². The minimum absolute atomic E-state index is 0.434. The SMILES string of the molecule is CC.CC(C)=C/C=C(\C)C(=O)ON(N)c1ccccc1N.c1ccccc1. The summed E-state index contributed by atoms with van der Waals surface area (Å²) >= 11 is 0. The molecule has 4 N–H and O–H groups in total.